The number of urea groups is 1. The van der Waals surface area contributed by atoms with Crippen LogP contribution in [0.25, 0.3) is 0 Å². The Morgan fingerprint density at radius 3 is 2.67 bits per heavy atom. The number of amides is 2. The first-order valence-corrected chi connectivity index (χ1v) is 9.28. The topological polar surface area (TPSA) is 81.7 Å². The van der Waals surface area contributed by atoms with Gasteiger partial charge in [-0.05, 0) is 49.2 Å². The molecule has 2 amide bonds. The van der Waals surface area contributed by atoms with Crippen molar-refractivity contribution in [3.05, 3.63) is 65.7 Å². The first kappa shape index (κ1) is 18.9. The van der Waals surface area contributed by atoms with Gasteiger partial charge in [-0.1, -0.05) is 36.8 Å². The van der Waals surface area contributed by atoms with Crippen LogP contribution in [0.3, 0.4) is 0 Å². The molecule has 0 aliphatic carbocycles. The quantitative estimate of drug-likeness (QED) is 0.729. The summed E-state index contributed by atoms with van der Waals surface area (Å²) < 4.78 is 0. The average Bonchev–Trinajstić information content (AvgIpc) is 2.68. The Kier molecular flexibility index (Phi) is 6.44. The number of aromatic carboxylic acids is 1. The van der Waals surface area contributed by atoms with Gasteiger partial charge in [-0.3, -0.25) is 4.90 Å². The minimum absolute atomic E-state index is 0.209. The summed E-state index contributed by atoms with van der Waals surface area (Å²) in [7, 11) is 0. The van der Waals surface area contributed by atoms with Crippen molar-refractivity contribution in [2.45, 2.75) is 31.8 Å². The highest BCUT2D eigenvalue weighted by Crippen LogP contribution is 2.20. The van der Waals surface area contributed by atoms with Gasteiger partial charge >= 0.3 is 12.0 Å². The van der Waals surface area contributed by atoms with E-state index in [4.69, 9.17) is 5.11 Å². The summed E-state index contributed by atoms with van der Waals surface area (Å²) in [6.07, 6.45) is 3.27. The predicted molar refractivity (Wildman–Crippen MR) is 105 cm³/mol. The molecule has 27 heavy (non-hydrogen) atoms. The summed E-state index contributed by atoms with van der Waals surface area (Å²) in [5.41, 5.74) is 2.05. The van der Waals surface area contributed by atoms with Gasteiger partial charge in [0, 0.05) is 24.8 Å². The van der Waals surface area contributed by atoms with Gasteiger partial charge in [-0.25, -0.2) is 9.59 Å². The van der Waals surface area contributed by atoms with Crippen molar-refractivity contribution in [3.8, 4) is 0 Å². The van der Waals surface area contributed by atoms with Crippen LogP contribution in [0.15, 0.2) is 54.6 Å². The third kappa shape index (κ3) is 5.56. The lowest BCUT2D eigenvalue weighted by atomic mass is 10.0. The number of carboxylic acids is 1. The molecule has 1 saturated heterocycles. The molecule has 0 bridgehead atoms. The lowest BCUT2D eigenvalue weighted by molar-refractivity contribution is 0.0696. The molecule has 2 aromatic carbocycles. The number of likely N-dealkylation sites (tertiary alicyclic amines) is 1. The number of hydrogen-bond acceptors (Lipinski definition) is 3. The number of benzene rings is 2. The van der Waals surface area contributed by atoms with E-state index in [2.05, 4.69) is 15.5 Å². The highest BCUT2D eigenvalue weighted by molar-refractivity contribution is 5.89. The Morgan fingerprint density at radius 1 is 1.07 bits per heavy atom. The van der Waals surface area contributed by atoms with Crippen molar-refractivity contribution in [2.75, 3.05) is 18.4 Å². The van der Waals surface area contributed by atoms with E-state index in [1.165, 1.54) is 0 Å². The zero-order chi connectivity index (χ0) is 19.1. The molecule has 3 N–H and O–H groups in total. The molecule has 6 nitrogen and oxygen atoms in total. The molecule has 1 unspecified atom stereocenters. The van der Waals surface area contributed by atoms with E-state index in [1.807, 2.05) is 36.4 Å². The second kappa shape index (κ2) is 9.19. The summed E-state index contributed by atoms with van der Waals surface area (Å²) >= 11 is 0. The van der Waals surface area contributed by atoms with E-state index in [9.17, 15) is 9.59 Å². The third-order valence-electron chi connectivity index (χ3n) is 4.84. The fraction of sp³-hybridized carbons (Fsp3) is 0.333. The molecular weight excluding hydrogens is 342 g/mol. The normalized spacial score (nSPS) is 17.3. The molecule has 142 valence electrons. The summed E-state index contributed by atoms with van der Waals surface area (Å²) in [6, 6.07) is 16.5. The molecule has 1 atom stereocenters. The van der Waals surface area contributed by atoms with Crippen molar-refractivity contribution in [2.24, 2.45) is 0 Å². The highest BCUT2D eigenvalue weighted by Gasteiger charge is 2.23. The maximum atomic E-state index is 12.1. The van der Waals surface area contributed by atoms with Crippen LogP contribution in [0.5, 0.6) is 0 Å². The molecule has 1 fully saturated rings. The molecule has 1 aliphatic heterocycles. The highest BCUT2D eigenvalue weighted by atomic mass is 16.4. The lowest BCUT2D eigenvalue weighted by Gasteiger charge is -2.36. The third-order valence-corrected chi connectivity index (χ3v) is 4.84. The number of carbonyl (C=O) groups is 2. The zero-order valence-corrected chi connectivity index (χ0v) is 15.2. The molecule has 0 aromatic heterocycles. The van der Waals surface area contributed by atoms with Gasteiger partial charge in [0.25, 0.3) is 0 Å². The Labute approximate surface area is 159 Å². The monoisotopic (exact) mass is 367 g/mol. The van der Waals surface area contributed by atoms with Crippen molar-refractivity contribution >= 4 is 17.7 Å². The van der Waals surface area contributed by atoms with Gasteiger partial charge in [-0.15, -0.1) is 0 Å². The first-order chi connectivity index (χ1) is 13.1. The molecule has 3 rings (SSSR count). The second-order valence-electron chi connectivity index (χ2n) is 6.83. The van der Waals surface area contributed by atoms with Crippen LogP contribution < -0.4 is 10.6 Å². The SMILES string of the molecule is O=C(NCC1CCCCN1Cc1cccc(C(=O)O)c1)Nc1ccccc1. The molecule has 0 radical (unpaired) electrons. The molecule has 1 aliphatic rings. The van der Waals surface area contributed by atoms with Gasteiger partial charge in [0.15, 0.2) is 0 Å². The van der Waals surface area contributed by atoms with Crippen LogP contribution >= 0.6 is 0 Å². The summed E-state index contributed by atoms with van der Waals surface area (Å²) in [6.45, 7) is 2.20. The van der Waals surface area contributed by atoms with E-state index in [-0.39, 0.29) is 12.1 Å². The van der Waals surface area contributed by atoms with Crippen LogP contribution in [0.2, 0.25) is 0 Å². The van der Waals surface area contributed by atoms with Crippen LogP contribution in [0.1, 0.15) is 35.2 Å². The van der Waals surface area contributed by atoms with Crippen molar-refractivity contribution in [3.63, 3.8) is 0 Å². The fourth-order valence-corrected chi connectivity index (χ4v) is 3.44. The van der Waals surface area contributed by atoms with Gasteiger partial charge < -0.3 is 15.7 Å². The first-order valence-electron chi connectivity index (χ1n) is 9.28. The number of nitrogens with one attached hydrogen (secondary N) is 2. The van der Waals surface area contributed by atoms with Gasteiger partial charge in [-0.2, -0.15) is 0 Å². The van der Waals surface area contributed by atoms with Crippen LogP contribution in [0, 0.1) is 0 Å². The number of nitrogens with zero attached hydrogens (tertiary/aromatic N) is 1. The van der Waals surface area contributed by atoms with E-state index < -0.39 is 5.97 Å². The second-order valence-corrected chi connectivity index (χ2v) is 6.83. The van der Waals surface area contributed by atoms with E-state index >= 15 is 0 Å². The Morgan fingerprint density at radius 2 is 1.89 bits per heavy atom. The number of hydrogen-bond donors (Lipinski definition) is 3. The zero-order valence-electron chi connectivity index (χ0n) is 15.2. The van der Waals surface area contributed by atoms with Crippen LogP contribution in [-0.2, 0) is 6.54 Å². The minimum Gasteiger partial charge on any atom is -0.478 e. The minimum atomic E-state index is -0.911. The summed E-state index contributed by atoms with van der Waals surface area (Å²) in [5.74, 6) is -0.911. The number of carbonyl (C=O) groups excluding carboxylic acids is 1. The van der Waals surface area contributed by atoms with Crippen molar-refractivity contribution < 1.29 is 14.7 Å². The van der Waals surface area contributed by atoms with Crippen molar-refractivity contribution in [1.29, 1.82) is 0 Å². The Balaban J connectivity index is 1.56. The maximum absolute atomic E-state index is 12.1. The standard InChI is InChI=1S/C21H25N3O3/c25-20(26)17-8-6-7-16(13-17)15-24-12-5-4-11-19(24)14-22-21(27)23-18-9-2-1-3-10-18/h1-3,6-10,13,19H,4-5,11-12,14-15H2,(H,25,26)(H2,22,23,27). The number of anilines is 1. The van der Waals surface area contributed by atoms with Gasteiger partial charge in [0.2, 0.25) is 0 Å². The largest absolute Gasteiger partial charge is 0.478 e. The average molecular weight is 367 g/mol. The molecule has 1 heterocycles. The van der Waals surface area contributed by atoms with E-state index in [1.54, 1.807) is 18.2 Å². The van der Waals surface area contributed by atoms with Gasteiger partial charge in [0.05, 0.1) is 5.56 Å². The Hall–Kier alpha value is -2.86. The van der Waals surface area contributed by atoms with Crippen molar-refractivity contribution in [1.82, 2.24) is 10.2 Å². The molecule has 6 heteroatoms. The van der Waals surface area contributed by atoms with E-state index in [0.29, 0.717) is 18.7 Å². The lowest BCUT2D eigenvalue weighted by Crippen LogP contribution is -2.47. The molecule has 2 aromatic rings. The van der Waals surface area contributed by atoms with E-state index in [0.717, 1.165) is 37.1 Å². The smallest absolute Gasteiger partial charge is 0.335 e. The van der Waals surface area contributed by atoms with Crippen LogP contribution in [-0.4, -0.2) is 41.1 Å². The number of carboxylic acid groups (broad SMARTS) is 1. The molecule has 0 saturated carbocycles. The number of para-hydroxylation sites is 1. The van der Waals surface area contributed by atoms with Crippen LogP contribution in [0.4, 0.5) is 10.5 Å². The molecule has 0 spiro atoms. The van der Waals surface area contributed by atoms with Gasteiger partial charge in [0.1, 0.15) is 0 Å². The number of rotatable bonds is 6. The summed E-state index contributed by atoms with van der Waals surface area (Å²) in [4.78, 5) is 25.6. The maximum Gasteiger partial charge on any atom is 0.335 e. The summed E-state index contributed by atoms with van der Waals surface area (Å²) in [5, 5.41) is 15.0. The predicted octanol–water partition coefficient (Wildman–Crippen LogP) is 3.56. The number of piperidine rings is 1. The fourth-order valence-electron chi connectivity index (χ4n) is 3.44. The molecular formula is C21H25N3O3. The Bertz CT molecular complexity index is 779.